The molecule has 0 bridgehead atoms. The lowest BCUT2D eigenvalue weighted by Gasteiger charge is -2.17. The number of carbonyl (C=O) groups is 2. The predicted octanol–water partition coefficient (Wildman–Crippen LogP) is 3.32. The van der Waals surface area contributed by atoms with E-state index in [1.807, 2.05) is 19.9 Å². The smallest absolute Gasteiger partial charge is 0.238 e. The molecule has 2 aromatic rings. The Morgan fingerprint density at radius 2 is 1.83 bits per heavy atom. The third-order valence-electron chi connectivity index (χ3n) is 4.00. The Bertz CT molecular complexity index is 907. The zero-order chi connectivity index (χ0) is 21.9. The largest absolute Gasteiger partial charge is 0.490 e. The number of ether oxygens (including phenoxy) is 2. The SMILES string of the molecule is CCOc1ccc(NC(=O)CN(C)CCC(=O)Nc2sccc2C#N)cc1OCC. The van der Waals surface area contributed by atoms with Crippen molar-refractivity contribution in [2.45, 2.75) is 20.3 Å². The highest BCUT2D eigenvalue weighted by Crippen LogP contribution is 2.30. The fourth-order valence-corrected chi connectivity index (χ4v) is 3.38. The first kappa shape index (κ1) is 23.2. The molecule has 8 nitrogen and oxygen atoms in total. The molecule has 0 aliphatic heterocycles. The van der Waals surface area contributed by atoms with Gasteiger partial charge >= 0.3 is 0 Å². The Morgan fingerprint density at radius 3 is 2.53 bits per heavy atom. The molecule has 0 radical (unpaired) electrons. The number of nitrogens with zero attached hydrogens (tertiary/aromatic N) is 2. The van der Waals surface area contributed by atoms with E-state index in [1.54, 1.807) is 41.6 Å². The van der Waals surface area contributed by atoms with Gasteiger partial charge in [-0.1, -0.05) is 0 Å². The van der Waals surface area contributed by atoms with Gasteiger partial charge in [0.25, 0.3) is 0 Å². The number of anilines is 2. The van der Waals surface area contributed by atoms with Crippen molar-refractivity contribution in [1.82, 2.24) is 4.90 Å². The molecular formula is C21H26N4O4S. The van der Waals surface area contributed by atoms with E-state index >= 15 is 0 Å². The molecule has 1 aromatic heterocycles. The quantitative estimate of drug-likeness (QED) is 0.567. The lowest BCUT2D eigenvalue weighted by molar-refractivity contribution is -0.119. The number of amides is 2. The first-order valence-electron chi connectivity index (χ1n) is 9.62. The average molecular weight is 431 g/mol. The van der Waals surface area contributed by atoms with Crippen LogP contribution < -0.4 is 20.1 Å². The van der Waals surface area contributed by atoms with Gasteiger partial charge in [-0.3, -0.25) is 14.5 Å². The predicted molar refractivity (Wildman–Crippen MR) is 117 cm³/mol. The Balaban J connectivity index is 1.82. The molecule has 9 heteroatoms. The van der Waals surface area contributed by atoms with Gasteiger partial charge in [-0.2, -0.15) is 5.26 Å². The van der Waals surface area contributed by atoms with Crippen LogP contribution in [0.3, 0.4) is 0 Å². The minimum atomic E-state index is -0.200. The van der Waals surface area contributed by atoms with Crippen LogP contribution in [0.25, 0.3) is 0 Å². The van der Waals surface area contributed by atoms with E-state index in [0.717, 1.165) is 0 Å². The lowest BCUT2D eigenvalue weighted by Crippen LogP contribution is -2.32. The highest BCUT2D eigenvalue weighted by atomic mass is 32.1. The van der Waals surface area contributed by atoms with Crippen molar-refractivity contribution in [2.75, 3.05) is 44.0 Å². The van der Waals surface area contributed by atoms with Gasteiger partial charge < -0.3 is 20.1 Å². The summed E-state index contributed by atoms with van der Waals surface area (Å²) in [5.74, 6) is 0.807. The van der Waals surface area contributed by atoms with Gasteiger partial charge in [-0.15, -0.1) is 11.3 Å². The molecule has 2 amide bonds. The number of nitriles is 1. The van der Waals surface area contributed by atoms with Crippen LogP contribution >= 0.6 is 11.3 Å². The van der Waals surface area contributed by atoms with Gasteiger partial charge in [0.2, 0.25) is 11.8 Å². The fourth-order valence-electron chi connectivity index (χ4n) is 2.63. The maximum Gasteiger partial charge on any atom is 0.238 e. The maximum atomic E-state index is 12.3. The van der Waals surface area contributed by atoms with Crippen LogP contribution in [0.5, 0.6) is 11.5 Å². The molecule has 0 saturated carbocycles. The second kappa shape index (κ2) is 11.8. The zero-order valence-corrected chi connectivity index (χ0v) is 18.2. The lowest BCUT2D eigenvalue weighted by atomic mass is 10.2. The third-order valence-corrected chi connectivity index (χ3v) is 4.83. The summed E-state index contributed by atoms with van der Waals surface area (Å²) in [6, 6.07) is 8.94. The number of benzene rings is 1. The number of thiophene rings is 1. The maximum absolute atomic E-state index is 12.3. The van der Waals surface area contributed by atoms with E-state index < -0.39 is 0 Å². The molecule has 2 rings (SSSR count). The van der Waals surface area contributed by atoms with E-state index in [2.05, 4.69) is 10.6 Å². The van der Waals surface area contributed by atoms with Crippen molar-refractivity contribution in [3.8, 4) is 17.6 Å². The van der Waals surface area contributed by atoms with Gasteiger partial charge in [-0.05, 0) is 44.5 Å². The summed E-state index contributed by atoms with van der Waals surface area (Å²) < 4.78 is 11.1. The molecule has 1 aromatic carbocycles. The van der Waals surface area contributed by atoms with Crippen LogP contribution in [0, 0.1) is 11.3 Å². The van der Waals surface area contributed by atoms with E-state index in [9.17, 15) is 9.59 Å². The topological polar surface area (TPSA) is 104 Å². The molecule has 0 saturated heterocycles. The Morgan fingerprint density at radius 1 is 1.10 bits per heavy atom. The van der Waals surface area contributed by atoms with E-state index in [4.69, 9.17) is 14.7 Å². The second-order valence-electron chi connectivity index (χ2n) is 6.39. The van der Waals surface area contributed by atoms with Crippen molar-refractivity contribution in [2.24, 2.45) is 0 Å². The van der Waals surface area contributed by atoms with Crippen molar-refractivity contribution in [3.63, 3.8) is 0 Å². The second-order valence-corrected chi connectivity index (χ2v) is 7.30. The molecule has 0 atom stereocenters. The highest BCUT2D eigenvalue weighted by Gasteiger charge is 2.13. The van der Waals surface area contributed by atoms with Crippen LogP contribution in [-0.2, 0) is 9.59 Å². The fraction of sp³-hybridized carbons (Fsp3) is 0.381. The summed E-state index contributed by atoms with van der Waals surface area (Å²) in [4.78, 5) is 26.2. The summed E-state index contributed by atoms with van der Waals surface area (Å²) in [6.45, 7) is 5.32. The van der Waals surface area contributed by atoms with Gasteiger partial charge in [0.1, 0.15) is 11.1 Å². The number of likely N-dealkylation sites (N-methyl/N-ethyl adjacent to an activating group) is 1. The highest BCUT2D eigenvalue weighted by molar-refractivity contribution is 7.14. The summed E-state index contributed by atoms with van der Waals surface area (Å²) in [7, 11) is 1.77. The Kier molecular flexibility index (Phi) is 9.12. The van der Waals surface area contributed by atoms with Gasteiger partial charge in [-0.25, -0.2) is 0 Å². The third kappa shape index (κ3) is 7.06. The van der Waals surface area contributed by atoms with Crippen LogP contribution in [0.1, 0.15) is 25.8 Å². The summed E-state index contributed by atoms with van der Waals surface area (Å²) in [5.41, 5.74) is 1.06. The molecule has 0 aliphatic rings. The van der Waals surface area contributed by atoms with Gasteiger partial charge in [0.15, 0.2) is 11.5 Å². The minimum absolute atomic E-state index is 0.132. The van der Waals surface area contributed by atoms with Crippen LogP contribution in [0.15, 0.2) is 29.6 Å². The molecule has 0 spiro atoms. The molecular weight excluding hydrogens is 404 g/mol. The molecule has 0 fully saturated rings. The number of carbonyl (C=O) groups excluding carboxylic acids is 2. The first-order chi connectivity index (χ1) is 14.5. The van der Waals surface area contributed by atoms with E-state index in [-0.39, 0.29) is 24.8 Å². The zero-order valence-electron chi connectivity index (χ0n) is 17.4. The number of hydrogen-bond donors (Lipinski definition) is 2. The van der Waals surface area contributed by atoms with Crippen molar-refractivity contribution >= 4 is 33.8 Å². The molecule has 0 aliphatic carbocycles. The number of hydrogen-bond acceptors (Lipinski definition) is 7. The normalized spacial score (nSPS) is 10.4. The number of nitrogens with one attached hydrogen (secondary N) is 2. The molecule has 30 heavy (non-hydrogen) atoms. The van der Waals surface area contributed by atoms with E-state index in [1.165, 1.54) is 11.3 Å². The molecule has 0 unspecified atom stereocenters. The van der Waals surface area contributed by atoms with Crippen molar-refractivity contribution < 1.29 is 19.1 Å². The molecule has 2 N–H and O–H groups in total. The van der Waals surface area contributed by atoms with Crippen molar-refractivity contribution in [1.29, 1.82) is 5.26 Å². The molecule has 1 heterocycles. The average Bonchev–Trinajstić information content (AvgIpc) is 3.15. The minimum Gasteiger partial charge on any atom is -0.490 e. The van der Waals surface area contributed by atoms with Crippen molar-refractivity contribution in [3.05, 3.63) is 35.2 Å². The first-order valence-corrected chi connectivity index (χ1v) is 10.5. The summed E-state index contributed by atoms with van der Waals surface area (Å²) in [5, 5.41) is 16.8. The van der Waals surface area contributed by atoms with Crippen LogP contribution in [0.4, 0.5) is 10.7 Å². The van der Waals surface area contributed by atoms with Crippen LogP contribution in [0.2, 0.25) is 0 Å². The number of rotatable bonds is 11. The van der Waals surface area contributed by atoms with Crippen LogP contribution in [-0.4, -0.2) is 50.1 Å². The Labute approximate surface area is 180 Å². The summed E-state index contributed by atoms with van der Waals surface area (Å²) in [6.07, 6.45) is 0.212. The summed E-state index contributed by atoms with van der Waals surface area (Å²) >= 11 is 1.31. The standard InChI is InChI=1S/C21H26N4O4S/c1-4-28-17-7-6-16(12-18(17)29-5-2)23-20(27)14-25(3)10-8-19(26)24-21-15(13-22)9-11-30-21/h6-7,9,11-12H,4-5,8,10,14H2,1-3H3,(H,23,27)(H,24,26). The Hall–Kier alpha value is -3.09. The van der Waals surface area contributed by atoms with E-state index in [0.29, 0.717) is 47.5 Å². The van der Waals surface area contributed by atoms with Gasteiger partial charge in [0.05, 0.1) is 25.3 Å². The monoisotopic (exact) mass is 430 g/mol. The van der Waals surface area contributed by atoms with Gasteiger partial charge in [0, 0.05) is 24.7 Å². The molecule has 160 valence electrons.